The van der Waals surface area contributed by atoms with Crippen molar-refractivity contribution in [2.45, 2.75) is 24.8 Å². The van der Waals surface area contributed by atoms with Crippen LogP contribution in [-0.2, 0) is 24.3 Å². The number of esters is 1. The molecule has 1 amide bonds. The summed E-state index contributed by atoms with van der Waals surface area (Å²) in [7, 11) is -2.80. The van der Waals surface area contributed by atoms with Gasteiger partial charge in [0.05, 0.1) is 10.5 Å². The normalized spacial score (nSPS) is 12.1. The van der Waals surface area contributed by atoms with E-state index in [-0.39, 0.29) is 16.2 Å². The monoisotopic (exact) mass is 449 g/mol. The molecule has 1 unspecified atom stereocenters. The SMILES string of the molecule is CC(=O)c1ccc(S(=O)(=O)N(C)CC(=O)OC(C)C(=O)Nc2sccc2C#N)cc1. The van der Waals surface area contributed by atoms with Gasteiger partial charge in [0.25, 0.3) is 5.91 Å². The summed E-state index contributed by atoms with van der Waals surface area (Å²) in [5.74, 6) is -1.77. The largest absolute Gasteiger partial charge is 0.452 e. The van der Waals surface area contributed by atoms with Crippen LogP contribution in [0.3, 0.4) is 0 Å². The number of amides is 1. The van der Waals surface area contributed by atoms with Crippen molar-refractivity contribution < 1.29 is 27.5 Å². The van der Waals surface area contributed by atoms with Crippen molar-refractivity contribution in [3.63, 3.8) is 0 Å². The van der Waals surface area contributed by atoms with Crippen molar-refractivity contribution in [3.05, 3.63) is 46.8 Å². The fourth-order valence-electron chi connectivity index (χ4n) is 2.30. The molecule has 0 aliphatic carbocycles. The molecule has 1 atom stereocenters. The summed E-state index contributed by atoms with van der Waals surface area (Å²) in [6.45, 7) is 2.08. The number of rotatable bonds is 8. The predicted molar refractivity (Wildman–Crippen MR) is 109 cm³/mol. The summed E-state index contributed by atoms with van der Waals surface area (Å²) in [6.07, 6.45) is -1.20. The minimum Gasteiger partial charge on any atom is -0.452 e. The fraction of sp³-hybridized carbons (Fsp3) is 0.263. The molecule has 158 valence electrons. The number of nitrogens with zero attached hydrogens (tertiary/aromatic N) is 2. The lowest BCUT2D eigenvalue weighted by Crippen LogP contribution is -2.37. The second-order valence-electron chi connectivity index (χ2n) is 6.24. The van der Waals surface area contributed by atoms with E-state index < -0.39 is 34.5 Å². The number of Topliss-reactive ketones (excluding diaryl/α,β-unsaturated/α-hetero) is 1. The first-order valence-electron chi connectivity index (χ1n) is 8.61. The Morgan fingerprint density at radius 2 is 1.87 bits per heavy atom. The average molecular weight is 450 g/mol. The van der Waals surface area contributed by atoms with Crippen LogP contribution in [0.25, 0.3) is 0 Å². The van der Waals surface area contributed by atoms with Crippen LogP contribution in [0.5, 0.6) is 0 Å². The molecule has 1 aromatic carbocycles. The molecule has 11 heteroatoms. The van der Waals surface area contributed by atoms with Gasteiger partial charge in [-0.3, -0.25) is 14.4 Å². The molecule has 1 N–H and O–H groups in total. The van der Waals surface area contributed by atoms with Gasteiger partial charge >= 0.3 is 5.97 Å². The quantitative estimate of drug-likeness (QED) is 0.481. The maximum Gasteiger partial charge on any atom is 0.322 e. The number of nitrogens with one attached hydrogen (secondary N) is 1. The van der Waals surface area contributed by atoms with E-state index in [1.807, 2.05) is 6.07 Å². The highest BCUT2D eigenvalue weighted by Crippen LogP contribution is 2.22. The van der Waals surface area contributed by atoms with E-state index in [9.17, 15) is 22.8 Å². The Balaban J connectivity index is 1.98. The van der Waals surface area contributed by atoms with Crippen LogP contribution in [0.2, 0.25) is 0 Å². The molecule has 0 radical (unpaired) electrons. The molecule has 2 aromatic rings. The Morgan fingerprint density at radius 1 is 1.23 bits per heavy atom. The highest BCUT2D eigenvalue weighted by Gasteiger charge is 2.26. The second-order valence-corrected chi connectivity index (χ2v) is 9.20. The fourth-order valence-corrected chi connectivity index (χ4v) is 4.16. The lowest BCUT2D eigenvalue weighted by molar-refractivity contribution is -0.153. The maximum absolute atomic E-state index is 12.6. The minimum absolute atomic E-state index is 0.0877. The van der Waals surface area contributed by atoms with Gasteiger partial charge in [0.2, 0.25) is 10.0 Å². The van der Waals surface area contributed by atoms with E-state index in [4.69, 9.17) is 10.00 Å². The van der Waals surface area contributed by atoms with Crippen LogP contribution in [-0.4, -0.2) is 50.1 Å². The number of ether oxygens (including phenoxy) is 1. The third-order valence-electron chi connectivity index (χ3n) is 4.02. The molecule has 0 spiro atoms. The maximum atomic E-state index is 12.6. The average Bonchev–Trinajstić information content (AvgIpc) is 3.14. The number of likely N-dealkylation sites (N-methyl/N-ethyl adjacent to an activating group) is 1. The van der Waals surface area contributed by atoms with Crippen LogP contribution < -0.4 is 5.32 Å². The van der Waals surface area contributed by atoms with Gasteiger partial charge in [-0.2, -0.15) is 9.57 Å². The molecule has 9 nitrogen and oxygen atoms in total. The Kier molecular flexibility index (Phi) is 7.44. The molecule has 1 heterocycles. The van der Waals surface area contributed by atoms with Gasteiger partial charge in [-0.25, -0.2) is 8.42 Å². The van der Waals surface area contributed by atoms with Gasteiger partial charge in [0, 0.05) is 12.6 Å². The number of nitriles is 1. The van der Waals surface area contributed by atoms with Crippen LogP contribution in [0, 0.1) is 11.3 Å². The smallest absolute Gasteiger partial charge is 0.322 e. The Morgan fingerprint density at radius 3 is 2.43 bits per heavy atom. The van der Waals surface area contributed by atoms with Gasteiger partial charge in [0.1, 0.15) is 17.6 Å². The second kappa shape index (κ2) is 9.62. The molecule has 0 aliphatic rings. The van der Waals surface area contributed by atoms with E-state index in [1.165, 1.54) is 45.2 Å². The number of sulfonamides is 1. The van der Waals surface area contributed by atoms with Gasteiger partial charge in [-0.1, -0.05) is 12.1 Å². The molecule has 1 aromatic heterocycles. The first-order chi connectivity index (χ1) is 14.1. The number of anilines is 1. The number of ketones is 1. The Hall–Kier alpha value is -3.07. The van der Waals surface area contributed by atoms with Gasteiger partial charge < -0.3 is 10.1 Å². The molecule has 0 saturated heterocycles. The number of thiophene rings is 1. The van der Waals surface area contributed by atoms with E-state index in [1.54, 1.807) is 11.4 Å². The molecule has 0 saturated carbocycles. The summed E-state index contributed by atoms with van der Waals surface area (Å²) in [5, 5.41) is 13.4. The molecular weight excluding hydrogens is 430 g/mol. The van der Waals surface area contributed by atoms with E-state index in [2.05, 4.69) is 5.32 Å². The third-order valence-corrected chi connectivity index (χ3v) is 6.67. The lowest BCUT2D eigenvalue weighted by atomic mass is 10.2. The van der Waals surface area contributed by atoms with Crippen LogP contribution in [0.1, 0.15) is 29.8 Å². The van der Waals surface area contributed by atoms with Crippen molar-refractivity contribution in [2.24, 2.45) is 0 Å². The zero-order valence-electron chi connectivity index (χ0n) is 16.4. The first kappa shape index (κ1) is 23.2. The van der Waals surface area contributed by atoms with Gasteiger partial charge in [-0.15, -0.1) is 11.3 Å². The number of benzene rings is 1. The summed E-state index contributed by atoms with van der Waals surface area (Å²) in [4.78, 5) is 35.5. The lowest BCUT2D eigenvalue weighted by Gasteiger charge is -2.18. The van der Waals surface area contributed by atoms with Crippen LogP contribution >= 0.6 is 11.3 Å². The first-order valence-corrected chi connectivity index (χ1v) is 10.9. The molecule has 0 aliphatic heterocycles. The van der Waals surface area contributed by atoms with Gasteiger partial charge in [0.15, 0.2) is 11.9 Å². The molecule has 0 bridgehead atoms. The Labute approximate surface area is 177 Å². The topological polar surface area (TPSA) is 134 Å². The highest BCUT2D eigenvalue weighted by atomic mass is 32.2. The van der Waals surface area contributed by atoms with Crippen molar-refractivity contribution in [2.75, 3.05) is 18.9 Å². The van der Waals surface area contributed by atoms with Crippen molar-refractivity contribution in [3.8, 4) is 6.07 Å². The predicted octanol–water partition coefficient (Wildman–Crippen LogP) is 2.01. The zero-order valence-corrected chi connectivity index (χ0v) is 18.0. The standard InChI is InChI=1S/C19H19N3O6S2/c1-12(23)14-4-6-16(7-5-14)30(26,27)22(3)11-17(24)28-13(2)18(25)21-19-15(10-20)8-9-29-19/h4-9,13H,11H2,1-3H3,(H,21,25). The van der Waals surface area contributed by atoms with Crippen molar-refractivity contribution in [1.82, 2.24) is 4.31 Å². The molecule has 30 heavy (non-hydrogen) atoms. The van der Waals surface area contributed by atoms with Crippen LogP contribution in [0.15, 0.2) is 40.6 Å². The summed E-state index contributed by atoms with van der Waals surface area (Å²) < 4.78 is 30.9. The number of hydrogen-bond donors (Lipinski definition) is 1. The minimum atomic E-state index is -4.00. The van der Waals surface area contributed by atoms with Crippen molar-refractivity contribution in [1.29, 1.82) is 5.26 Å². The highest BCUT2D eigenvalue weighted by molar-refractivity contribution is 7.89. The van der Waals surface area contributed by atoms with Crippen molar-refractivity contribution >= 4 is 44.0 Å². The Bertz CT molecular complexity index is 1100. The summed E-state index contributed by atoms with van der Waals surface area (Å²) >= 11 is 1.15. The van der Waals surface area contributed by atoms with E-state index >= 15 is 0 Å². The number of carbonyl (C=O) groups excluding carboxylic acids is 3. The molecule has 0 fully saturated rings. The van der Waals surface area contributed by atoms with Crippen LogP contribution in [0.4, 0.5) is 5.00 Å². The van der Waals surface area contributed by atoms with Gasteiger partial charge in [-0.05, 0) is 37.4 Å². The number of carbonyl (C=O) groups is 3. The van der Waals surface area contributed by atoms with E-state index in [0.29, 0.717) is 10.6 Å². The molecular formula is C19H19N3O6S2. The zero-order chi connectivity index (χ0) is 22.5. The summed E-state index contributed by atoms with van der Waals surface area (Å²) in [6, 6.07) is 8.78. The summed E-state index contributed by atoms with van der Waals surface area (Å²) in [5.41, 5.74) is 0.648. The van der Waals surface area contributed by atoms with E-state index in [0.717, 1.165) is 15.6 Å². The number of hydrogen-bond acceptors (Lipinski definition) is 8. The third kappa shape index (κ3) is 5.50. The molecule has 2 rings (SSSR count).